The van der Waals surface area contributed by atoms with Gasteiger partial charge >= 0.3 is 0 Å². The number of nitrogens with zero attached hydrogens (tertiary/aromatic N) is 1. The number of hydrogen-bond acceptors (Lipinski definition) is 2. The van der Waals surface area contributed by atoms with Gasteiger partial charge in [-0.3, -0.25) is 4.98 Å². The van der Waals surface area contributed by atoms with E-state index in [1.807, 2.05) is 18.2 Å². The second-order valence-corrected chi connectivity index (χ2v) is 4.31. The largest absolute Gasteiger partial charge is 0.324 e. The molecule has 0 aliphatic heterocycles. The van der Waals surface area contributed by atoms with E-state index in [4.69, 9.17) is 17.3 Å². The van der Waals surface area contributed by atoms with Gasteiger partial charge in [0.1, 0.15) is 5.82 Å². The summed E-state index contributed by atoms with van der Waals surface area (Å²) < 4.78 is 13.0. The zero-order valence-electron chi connectivity index (χ0n) is 9.11. The molecule has 0 spiro atoms. The smallest absolute Gasteiger partial charge is 0.141 e. The van der Waals surface area contributed by atoms with Gasteiger partial charge in [-0.1, -0.05) is 23.7 Å². The Morgan fingerprint density at radius 2 is 2.12 bits per heavy atom. The van der Waals surface area contributed by atoms with Crippen LogP contribution in [0.25, 0.3) is 0 Å². The predicted octanol–water partition coefficient (Wildman–Crippen LogP) is 3.12. The number of hydrogen-bond donors (Lipinski definition) is 1. The third kappa shape index (κ3) is 3.25. The van der Waals surface area contributed by atoms with Gasteiger partial charge in [0.15, 0.2) is 0 Å². The average Bonchev–Trinajstić information content (AvgIpc) is 2.29. The van der Waals surface area contributed by atoms with Gasteiger partial charge in [0.25, 0.3) is 0 Å². The van der Waals surface area contributed by atoms with E-state index in [0.29, 0.717) is 17.0 Å². The Morgan fingerprint density at radius 1 is 1.29 bits per heavy atom. The molecule has 17 heavy (non-hydrogen) atoms. The maximum atomic E-state index is 13.0. The molecular formula is C13H12ClFN2. The highest BCUT2D eigenvalue weighted by Crippen LogP contribution is 2.18. The Hall–Kier alpha value is -1.45. The molecular weight excluding hydrogens is 239 g/mol. The first-order valence-electron chi connectivity index (χ1n) is 5.25. The van der Waals surface area contributed by atoms with Crippen molar-refractivity contribution in [1.82, 2.24) is 4.98 Å². The highest BCUT2D eigenvalue weighted by Gasteiger charge is 2.08. The zero-order valence-corrected chi connectivity index (χ0v) is 9.86. The summed E-state index contributed by atoms with van der Waals surface area (Å²) in [5, 5.41) is 0.673. The lowest BCUT2D eigenvalue weighted by Gasteiger charge is -2.11. The lowest BCUT2D eigenvalue weighted by molar-refractivity contribution is 0.610. The summed E-state index contributed by atoms with van der Waals surface area (Å²) in [6.07, 6.45) is 3.35. The van der Waals surface area contributed by atoms with Gasteiger partial charge in [0.05, 0.1) is 6.20 Å². The zero-order chi connectivity index (χ0) is 12.3. The van der Waals surface area contributed by atoms with E-state index in [0.717, 1.165) is 11.8 Å². The second kappa shape index (κ2) is 5.25. The van der Waals surface area contributed by atoms with Crippen molar-refractivity contribution >= 4 is 11.6 Å². The number of halogens is 2. The van der Waals surface area contributed by atoms with Crippen LogP contribution in [0.15, 0.2) is 42.7 Å². The van der Waals surface area contributed by atoms with Crippen molar-refractivity contribution < 1.29 is 4.39 Å². The molecule has 0 saturated heterocycles. The Kier molecular flexibility index (Phi) is 3.71. The van der Waals surface area contributed by atoms with E-state index in [1.54, 1.807) is 12.3 Å². The molecule has 0 saturated carbocycles. The number of pyridine rings is 1. The fraction of sp³-hybridized carbons (Fsp3) is 0.154. The van der Waals surface area contributed by atoms with Gasteiger partial charge in [-0.05, 0) is 35.7 Å². The van der Waals surface area contributed by atoms with Crippen LogP contribution in [0.3, 0.4) is 0 Å². The molecule has 0 fully saturated rings. The van der Waals surface area contributed by atoms with Crippen molar-refractivity contribution in [2.24, 2.45) is 5.73 Å². The van der Waals surface area contributed by atoms with Crippen molar-refractivity contribution in [2.75, 3.05) is 0 Å². The topological polar surface area (TPSA) is 38.9 Å². The van der Waals surface area contributed by atoms with E-state index >= 15 is 0 Å². The fourth-order valence-corrected chi connectivity index (χ4v) is 1.88. The highest BCUT2D eigenvalue weighted by atomic mass is 35.5. The van der Waals surface area contributed by atoms with Gasteiger partial charge in [0.2, 0.25) is 0 Å². The maximum Gasteiger partial charge on any atom is 0.141 e. The van der Waals surface area contributed by atoms with Crippen molar-refractivity contribution in [3.05, 3.63) is 64.7 Å². The molecule has 1 atom stereocenters. The standard InChI is InChI=1S/C13H12ClFN2/c14-11-3-1-2-9(4-11)5-13(16)10-6-12(15)8-17-7-10/h1-4,6-8,13H,5,16H2. The lowest BCUT2D eigenvalue weighted by atomic mass is 10.0. The molecule has 4 heteroatoms. The number of benzene rings is 1. The average molecular weight is 251 g/mol. The van der Waals surface area contributed by atoms with Crippen LogP contribution in [-0.4, -0.2) is 4.98 Å². The van der Waals surface area contributed by atoms with Crippen LogP contribution in [0.4, 0.5) is 4.39 Å². The summed E-state index contributed by atoms with van der Waals surface area (Å²) >= 11 is 5.89. The van der Waals surface area contributed by atoms with Crippen LogP contribution in [0, 0.1) is 5.82 Å². The molecule has 1 aromatic carbocycles. The van der Waals surface area contributed by atoms with Crippen LogP contribution in [0.1, 0.15) is 17.2 Å². The molecule has 0 amide bonds. The molecule has 2 nitrogen and oxygen atoms in total. The first-order valence-corrected chi connectivity index (χ1v) is 5.63. The van der Waals surface area contributed by atoms with Gasteiger partial charge in [-0.15, -0.1) is 0 Å². The van der Waals surface area contributed by atoms with Crippen molar-refractivity contribution in [3.8, 4) is 0 Å². The molecule has 1 aromatic heterocycles. The molecule has 1 heterocycles. The van der Waals surface area contributed by atoms with Crippen LogP contribution in [0.2, 0.25) is 5.02 Å². The Balaban J connectivity index is 2.14. The monoisotopic (exact) mass is 250 g/mol. The van der Waals surface area contributed by atoms with E-state index in [1.165, 1.54) is 6.07 Å². The van der Waals surface area contributed by atoms with Gasteiger partial charge in [-0.2, -0.15) is 0 Å². The third-order valence-electron chi connectivity index (χ3n) is 2.50. The van der Waals surface area contributed by atoms with Crippen LogP contribution >= 0.6 is 11.6 Å². The Labute approximate surface area is 104 Å². The van der Waals surface area contributed by atoms with Gasteiger partial charge in [0, 0.05) is 17.3 Å². The van der Waals surface area contributed by atoms with Crippen molar-refractivity contribution in [3.63, 3.8) is 0 Å². The van der Waals surface area contributed by atoms with Crippen LogP contribution < -0.4 is 5.73 Å². The summed E-state index contributed by atoms with van der Waals surface area (Å²) in [7, 11) is 0. The van der Waals surface area contributed by atoms with E-state index in [-0.39, 0.29) is 11.9 Å². The molecule has 0 radical (unpaired) electrons. The molecule has 2 aromatic rings. The third-order valence-corrected chi connectivity index (χ3v) is 2.73. The molecule has 0 bridgehead atoms. The quantitative estimate of drug-likeness (QED) is 0.909. The number of rotatable bonds is 3. The maximum absolute atomic E-state index is 13.0. The molecule has 0 aliphatic rings. The summed E-state index contributed by atoms with van der Waals surface area (Å²) in [6, 6.07) is 8.60. The summed E-state index contributed by atoms with van der Waals surface area (Å²) in [4.78, 5) is 3.78. The van der Waals surface area contributed by atoms with E-state index < -0.39 is 0 Å². The molecule has 2 rings (SSSR count). The Bertz CT molecular complexity index is 516. The number of aromatic nitrogens is 1. The minimum Gasteiger partial charge on any atom is -0.324 e. The summed E-state index contributed by atoms with van der Waals surface area (Å²) in [5.41, 5.74) is 7.70. The fourth-order valence-electron chi connectivity index (χ4n) is 1.67. The highest BCUT2D eigenvalue weighted by molar-refractivity contribution is 6.30. The van der Waals surface area contributed by atoms with Crippen LogP contribution in [0.5, 0.6) is 0 Å². The Morgan fingerprint density at radius 3 is 2.82 bits per heavy atom. The number of nitrogens with two attached hydrogens (primary N) is 1. The molecule has 2 N–H and O–H groups in total. The molecule has 88 valence electrons. The first-order chi connectivity index (χ1) is 8.15. The summed E-state index contributed by atoms with van der Waals surface area (Å²) in [5.74, 6) is -0.371. The second-order valence-electron chi connectivity index (χ2n) is 3.88. The summed E-state index contributed by atoms with van der Waals surface area (Å²) in [6.45, 7) is 0. The normalized spacial score (nSPS) is 12.4. The van der Waals surface area contributed by atoms with E-state index in [9.17, 15) is 4.39 Å². The van der Waals surface area contributed by atoms with Gasteiger partial charge < -0.3 is 5.73 Å². The van der Waals surface area contributed by atoms with Gasteiger partial charge in [-0.25, -0.2) is 4.39 Å². The molecule has 1 unspecified atom stereocenters. The predicted molar refractivity (Wildman–Crippen MR) is 66.3 cm³/mol. The van der Waals surface area contributed by atoms with Crippen molar-refractivity contribution in [2.45, 2.75) is 12.5 Å². The van der Waals surface area contributed by atoms with Crippen molar-refractivity contribution in [1.29, 1.82) is 0 Å². The van der Waals surface area contributed by atoms with E-state index in [2.05, 4.69) is 4.98 Å². The molecule has 0 aliphatic carbocycles. The minimum atomic E-state index is -0.371. The lowest BCUT2D eigenvalue weighted by Crippen LogP contribution is -2.13. The van der Waals surface area contributed by atoms with Crippen LogP contribution in [-0.2, 0) is 6.42 Å². The SMILES string of the molecule is NC(Cc1cccc(Cl)c1)c1cncc(F)c1. The minimum absolute atomic E-state index is 0.281. The first kappa shape index (κ1) is 12.0.